The quantitative estimate of drug-likeness (QED) is 0.161. The molecular weight excluding hydrogens is 731 g/mol. The van der Waals surface area contributed by atoms with Crippen molar-refractivity contribution >= 4 is 78.0 Å². The number of anilines is 6. The van der Waals surface area contributed by atoms with Crippen LogP contribution < -0.4 is 25.5 Å². The third-order valence-electron chi connectivity index (χ3n) is 15.3. The highest BCUT2D eigenvalue weighted by molar-refractivity contribution is 7.33. The molecule has 0 spiro atoms. The van der Waals surface area contributed by atoms with Crippen molar-refractivity contribution < 1.29 is 0 Å². The van der Waals surface area contributed by atoms with E-state index < -0.39 is 0 Å². The van der Waals surface area contributed by atoms with E-state index in [4.69, 9.17) is 0 Å². The molecule has 4 aliphatic rings. The van der Waals surface area contributed by atoms with Gasteiger partial charge in [-0.25, -0.2) is 0 Å². The fourth-order valence-corrected chi connectivity index (χ4v) is 12.8. The maximum absolute atomic E-state index is 2.79. The summed E-state index contributed by atoms with van der Waals surface area (Å²) in [5.74, 6) is 0. The summed E-state index contributed by atoms with van der Waals surface area (Å²) in [5.41, 5.74) is 22.8. The summed E-state index contributed by atoms with van der Waals surface area (Å²) in [6.07, 6.45) is 4.77. The fourth-order valence-electron chi connectivity index (χ4n) is 11.5. The number of hydrogen-bond acceptors (Lipinski definition) is 3. The molecule has 1 aromatic heterocycles. The van der Waals surface area contributed by atoms with E-state index in [0.717, 1.165) is 0 Å². The van der Waals surface area contributed by atoms with Crippen molar-refractivity contribution in [3.8, 4) is 0 Å². The van der Waals surface area contributed by atoms with Crippen molar-refractivity contribution in [3.05, 3.63) is 123 Å². The Labute approximate surface area is 359 Å². The lowest BCUT2D eigenvalue weighted by molar-refractivity contribution is 0.331. The fraction of sp³-hybridized carbons (Fsp3) is 0.418. The Kier molecular flexibility index (Phi) is 8.18. The Balaban J connectivity index is 1.35. The summed E-state index contributed by atoms with van der Waals surface area (Å²) in [6, 6.07) is 32.0. The highest BCUT2D eigenvalue weighted by atomic mass is 32.1. The van der Waals surface area contributed by atoms with Crippen molar-refractivity contribution in [1.29, 1.82) is 0 Å². The molecule has 0 atom stereocenters. The Hall–Kier alpha value is -4.28. The summed E-state index contributed by atoms with van der Waals surface area (Å²) >= 11 is 2.02. The second-order valence-corrected chi connectivity index (χ2v) is 23.7. The minimum atomic E-state index is 0.0115. The predicted molar refractivity (Wildman–Crippen MR) is 259 cm³/mol. The van der Waals surface area contributed by atoms with Gasteiger partial charge in [-0.05, 0) is 166 Å². The molecule has 6 aromatic rings. The van der Waals surface area contributed by atoms with Gasteiger partial charge in [-0.15, -0.1) is 11.3 Å². The molecule has 302 valence electrons. The number of benzene rings is 5. The van der Waals surface area contributed by atoms with Crippen molar-refractivity contribution in [3.63, 3.8) is 0 Å². The van der Waals surface area contributed by atoms with Gasteiger partial charge in [0.15, 0.2) is 0 Å². The molecule has 0 saturated heterocycles. The smallest absolute Gasteiger partial charge is 0.264 e. The molecule has 4 heteroatoms. The van der Waals surface area contributed by atoms with Crippen LogP contribution in [0.2, 0.25) is 0 Å². The average molecular weight is 795 g/mol. The molecule has 0 N–H and O–H groups in total. The maximum Gasteiger partial charge on any atom is 0.264 e. The van der Waals surface area contributed by atoms with E-state index in [1.807, 2.05) is 11.3 Å². The maximum atomic E-state index is 2.79. The van der Waals surface area contributed by atoms with E-state index in [9.17, 15) is 0 Å². The molecule has 0 unspecified atom stereocenters. The normalized spacial score (nSPS) is 19.2. The van der Waals surface area contributed by atoms with Crippen LogP contribution in [0, 0.1) is 20.8 Å². The van der Waals surface area contributed by atoms with Gasteiger partial charge in [0, 0.05) is 43.3 Å². The minimum Gasteiger partial charge on any atom is -0.311 e. The van der Waals surface area contributed by atoms with Crippen LogP contribution in [0.25, 0.3) is 10.1 Å². The first kappa shape index (κ1) is 38.9. The van der Waals surface area contributed by atoms with Gasteiger partial charge in [0.2, 0.25) is 0 Å². The van der Waals surface area contributed by atoms with E-state index in [2.05, 4.69) is 186 Å². The molecule has 0 fully saturated rings. The third-order valence-corrected chi connectivity index (χ3v) is 16.5. The van der Waals surface area contributed by atoms with Gasteiger partial charge in [-0.1, -0.05) is 118 Å². The van der Waals surface area contributed by atoms with E-state index in [1.54, 1.807) is 5.56 Å². The first-order valence-corrected chi connectivity index (χ1v) is 23.1. The first-order valence-electron chi connectivity index (χ1n) is 22.3. The molecule has 2 aliphatic carbocycles. The molecule has 0 amide bonds. The molecule has 5 aromatic carbocycles. The predicted octanol–water partition coefficient (Wildman–Crippen LogP) is 13.9. The summed E-state index contributed by atoms with van der Waals surface area (Å²) in [6.45, 7) is 33.9. The number of nitrogens with zero attached hydrogens (tertiary/aromatic N) is 2. The molecule has 10 rings (SSSR count). The molecule has 3 heterocycles. The second-order valence-electron chi connectivity index (χ2n) is 22.6. The van der Waals surface area contributed by atoms with Crippen LogP contribution in [0.3, 0.4) is 0 Å². The summed E-state index contributed by atoms with van der Waals surface area (Å²) in [7, 11) is 0. The zero-order chi connectivity index (χ0) is 41.9. The van der Waals surface area contributed by atoms with Crippen LogP contribution in [0.1, 0.15) is 146 Å². The monoisotopic (exact) mass is 794 g/mol. The average Bonchev–Trinajstić information content (AvgIpc) is 3.53. The van der Waals surface area contributed by atoms with E-state index in [-0.39, 0.29) is 33.8 Å². The Morgan fingerprint density at radius 1 is 0.559 bits per heavy atom. The van der Waals surface area contributed by atoms with Gasteiger partial charge in [0.05, 0.1) is 5.69 Å². The van der Waals surface area contributed by atoms with Gasteiger partial charge in [0.1, 0.15) is 0 Å². The minimum absolute atomic E-state index is 0.0115. The molecule has 0 radical (unpaired) electrons. The number of fused-ring (bicyclic) bond motifs is 9. The molecular formula is C55H63BN2S. The zero-order valence-electron chi connectivity index (χ0n) is 38.2. The highest BCUT2D eigenvalue weighted by Crippen LogP contribution is 2.56. The van der Waals surface area contributed by atoms with Gasteiger partial charge in [-0.2, -0.15) is 0 Å². The van der Waals surface area contributed by atoms with E-state index >= 15 is 0 Å². The van der Waals surface area contributed by atoms with Crippen molar-refractivity contribution in [2.24, 2.45) is 0 Å². The molecule has 0 bridgehead atoms. The van der Waals surface area contributed by atoms with Gasteiger partial charge in [-0.3, -0.25) is 0 Å². The van der Waals surface area contributed by atoms with E-state index in [0.29, 0.717) is 0 Å². The summed E-state index contributed by atoms with van der Waals surface area (Å²) < 4.78 is 2.82. The van der Waals surface area contributed by atoms with Crippen molar-refractivity contribution in [2.75, 3.05) is 9.80 Å². The van der Waals surface area contributed by atoms with Gasteiger partial charge < -0.3 is 9.80 Å². The number of thiophene rings is 1. The number of hydrogen-bond donors (Lipinski definition) is 0. The largest absolute Gasteiger partial charge is 0.311 e. The summed E-state index contributed by atoms with van der Waals surface area (Å²) in [5, 5.41) is 1.36. The lowest BCUT2D eigenvalue weighted by Gasteiger charge is -2.50. The lowest BCUT2D eigenvalue weighted by Crippen LogP contribution is -2.61. The van der Waals surface area contributed by atoms with Crippen LogP contribution in [0.4, 0.5) is 34.1 Å². The van der Waals surface area contributed by atoms with Gasteiger partial charge >= 0.3 is 0 Å². The SMILES string of the molecule is Cc1cc2c3c(c1)N(c1ccc(C(C)(C)C)cc1)c1c(sc4ccc(C)cc14)B3c1ccc3c(c1N2c1cc2c(cc1C)C(C)(C)CCC2(C)C)C(C)(C)CCC3(C)C. The number of aryl methyl sites for hydroxylation is 3. The van der Waals surface area contributed by atoms with Crippen LogP contribution in [-0.4, -0.2) is 6.71 Å². The van der Waals surface area contributed by atoms with Gasteiger partial charge in [0.25, 0.3) is 6.71 Å². The Morgan fingerprint density at radius 2 is 1.15 bits per heavy atom. The van der Waals surface area contributed by atoms with Crippen LogP contribution in [0.5, 0.6) is 0 Å². The summed E-state index contributed by atoms with van der Waals surface area (Å²) in [4.78, 5) is 5.43. The molecule has 59 heavy (non-hydrogen) atoms. The topological polar surface area (TPSA) is 6.48 Å². The Morgan fingerprint density at radius 3 is 1.80 bits per heavy atom. The standard InChI is InChI=1S/C55H63BN2S/c1-32-15-22-45-37(27-32)48-50(59-45)56-41-21-20-38-46(55(13,14)26-25-52(38,7)8)49(41)58(42-31-40-39(30-34(42)3)53(9,10)23-24-54(40,11)12)44-29-33(2)28-43(47(44)56)57(48)36-18-16-35(17-19-36)51(4,5)6/h15-22,27-31H,23-26H2,1-14H3. The van der Waals surface area contributed by atoms with Crippen LogP contribution >= 0.6 is 11.3 Å². The molecule has 0 saturated carbocycles. The first-order chi connectivity index (χ1) is 27.6. The Bertz CT molecular complexity index is 2750. The van der Waals surface area contributed by atoms with Crippen molar-refractivity contribution in [2.45, 2.75) is 150 Å². The lowest BCUT2D eigenvalue weighted by atomic mass is 9.35. The highest BCUT2D eigenvalue weighted by Gasteiger charge is 2.50. The molecule has 2 aliphatic heterocycles. The van der Waals surface area contributed by atoms with Crippen molar-refractivity contribution in [1.82, 2.24) is 0 Å². The van der Waals surface area contributed by atoms with E-state index in [1.165, 1.54) is 125 Å². The zero-order valence-corrected chi connectivity index (χ0v) is 39.0. The van der Waals surface area contributed by atoms with Crippen LogP contribution in [0.15, 0.2) is 78.9 Å². The van der Waals surface area contributed by atoms with Crippen LogP contribution in [-0.2, 0) is 27.1 Å². The number of rotatable bonds is 2. The molecule has 2 nitrogen and oxygen atoms in total. The second kappa shape index (κ2) is 12.4. The third kappa shape index (κ3) is 5.63.